The number of amides is 6. The molecular weight excluding hydrogens is 704 g/mol. The molecule has 288 valence electrons. The summed E-state index contributed by atoms with van der Waals surface area (Å²) in [6.45, 7) is 2.15. The predicted octanol–water partition coefficient (Wildman–Crippen LogP) is 5.04. The van der Waals surface area contributed by atoms with Crippen LogP contribution >= 0.6 is 0 Å². The molecule has 0 bridgehead atoms. The Hall–Kier alpha value is -6.02. The number of fused-ring (bicyclic) bond motifs is 2. The molecule has 4 aromatic rings. The summed E-state index contributed by atoms with van der Waals surface area (Å²) in [7, 11) is 1.81. The van der Waals surface area contributed by atoms with Gasteiger partial charge < -0.3 is 19.5 Å². The SMILES string of the molecule is CN(Cc1cccc(OCCn2ccc3ccc(C(=O)NO)cc32)c1)C(=O)CCCCCCCCNc1ccc2c(c1)C(=O)N(C1CCC(=O)NC1=O)C2=O. The second-order valence-corrected chi connectivity index (χ2v) is 14.0. The van der Waals surface area contributed by atoms with Gasteiger partial charge in [0, 0.05) is 55.9 Å². The zero-order chi connectivity index (χ0) is 38.9. The summed E-state index contributed by atoms with van der Waals surface area (Å²) in [6, 6.07) is 18.9. The van der Waals surface area contributed by atoms with Crippen LogP contribution in [-0.4, -0.2) is 81.3 Å². The number of hydroxylamine groups is 1. The molecule has 0 spiro atoms. The second-order valence-electron chi connectivity index (χ2n) is 14.0. The van der Waals surface area contributed by atoms with Crippen molar-refractivity contribution in [2.45, 2.75) is 76.9 Å². The number of aromatic nitrogens is 1. The fourth-order valence-corrected chi connectivity index (χ4v) is 7.06. The van der Waals surface area contributed by atoms with Gasteiger partial charge in [-0.25, -0.2) is 5.48 Å². The molecule has 6 amide bonds. The number of anilines is 1. The van der Waals surface area contributed by atoms with Crippen LogP contribution in [0.25, 0.3) is 10.9 Å². The van der Waals surface area contributed by atoms with Crippen LogP contribution in [-0.2, 0) is 27.5 Å². The molecule has 2 aliphatic heterocycles. The summed E-state index contributed by atoms with van der Waals surface area (Å²) in [5, 5.41) is 15.5. The normalized spacial score (nSPS) is 15.2. The van der Waals surface area contributed by atoms with Crippen molar-refractivity contribution in [1.82, 2.24) is 25.2 Å². The van der Waals surface area contributed by atoms with Crippen LogP contribution in [0.2, 0.25) is 0 Å². The molecule has 0 saturated carbocycles. The van der Waals surface area contributed by atoms with E-state index in [1.54, 1.807) is 40.7 Å². The highest BCUT2D eigenvalue weighted by Gasteiger charge is 2.44. The van der Waals surface area contributed by atoms with Gasteiger partial charge in [-0.05, 0) is 78.7 Å². The molecule has 0 radical (unpaired) electrons. The average molecular weight is 751 g/mol. The molecule has 55 heavy (non-hydrogen) atoms. The summed E-state index contributed by atoms with van der Waals surface area (Å²) in [5.74, 6) is -1.83. The van der Waals surface area contributed by atoms with Gasteiger partial charge in [-0.2, -0.15) is 0 Å². The molecule has 6 rings (SSSR count). The summed E-state index contributed by atoms with van der Waals surface area (Å²) in [4.78, 5) is 77.1. The zero-order valence-corrected chi connectivity index (χ0v) is 30.8. The van der Waals surface area contributed by atoms with Crippen molar-refractivity contribution in [2.24, 2.45) is 0 Å². The Morgan fingerprint density at radius 3 is 2.49 bits per heavy atom. The van der Waals surface area contributed by atoms with E-state index in [0.717, 1.165) is 65.6 Å². The number of benzene rings is 3. The van der Waals surface area contributed by atoms with Gasteiger partial charge in [0.05, 0.1) is 17.7 Å². The number of hydrogen-bond acceptors (Lipinski definition) is 9. The standard InChI is InChI=1S/C41H46N6O8/c1-45(26-27-9-8-10-31(23-27)55-22-21-46-20-18-28-12-13-29(24-35(28)46)38(50)44-54)37(49)11-6-4-2-3-5-7-19-42-30-14-15-32-33(25-30)41(53)47(40(32)52)34-16-17-36(48)43-39(34)51/h8-10,12-15,18,20,23-25,34,42,54H,2-7,11,16-17,19,21-22,26H2,1H3,(H,44,50)(H,43,48,51). The fraction of sp³-hybridized carbons (Fsp3) is 0.366. The number of carbonyl (C=O) groups excluding carboxylic acids is 6. The number of rotatable bonds is 18. The first-order valence-electron chi connectivity index (χ1n) is 18.7. The number of hydrogen-bond donors (Lipinski definition) is 4. The molecule has 1 unspecified atom stereocenters. The van der Waals surface area contributed by atoms with Crippen molar-refractivity contribution < 1.29 is 38.7 Å². The number of piperidine rings is 1. The van der Waals surface area contributed by atoms with Crippen LogP contribution in [0.5, 0.6) is 5.75 Å². The van der Waals surface area contributed by atoms with E-state index in [9.17, 15) is 28.8 Å². The number of unbranched alkanes of at least 4 members (excludes halogenated alkanes) is 5. The van der Waals surface area contributed by atoms with Gasteiger partial charge in [0.2, 0.25) is 17.7 Å². The molecule has 1 atom stereocenters. The topological polar surface area (TPSA) is 179 Å². The molecule has 1 aromatic heterocycles. The van der Waals surface area contributed by atoms with Crippen molar-refractivity contribution >= 4 is 52.0 Å². The second kappa shape index (κ2) is 17.9. The summed E-state index contributed by atoms with van der Waals surface area (Å²) >= 11 is 0. The Morgan fingerprint density at radius 1 is 0.909 bits per heavy atom. The summed E-state index contributed by atoms with van der Waals surface area (Å²) in [5.41, 5.74) is 5.11. The fourth-order valence-electron chi connectivity index (χ4n) is 7.06. The Bertz CT molecular complexity index is 2090. The monoisotopic (exact) mass is 750 g/mol. The van der Waals surface area contributed by atoms with Gasteiger partial charge in [-0.15, -0.1) is 0 Å². The third-order valence-electron chi connectivity index (χ3n) is 10.1. The molecule has 2 aliphatic rings. The van der Waals surface area contributed by atoms with E-state index in [1.807, 2.05) is 54.2 Å². The average Bonchev–Trinajstić information content (AvgIpc) is 3.70. The van der Waals surface area contributed by atoms with Gasteiger partial charge in [0.1, 0.15) is 18.4 Å². The van der Waals surface area contributed by atoms with Gasteiger partial charge in [0.25, 0.3) is 17.7 Å². The molecule has 4 N–H and O–H groups in total. The smallest absolute Gasteiger partial charge is 0.274 e. The minimum Gasteiger partial charge on any atom is -0.492 e. The lowest BCUT2D eigenvalue weighted by Gasteiger charge is -2.27. The lowest BCUT2D eigenvalue weighted by Crippen LogP contribution is -2.54. The van der Waals surface area contributed by atoms with Crippen LogP contribution in [0.4, 0.5) is 5.69 Å². The van der Waals surface area contributed by atoms with Crippen LogP contribution in [0.3, 0.4) is 0 Å². The number of nitrogens with one attached hydrogen (secondary N) is 3. The van der Waals surface area contributed by atoms with E-state index in [4.69, 9.17) is 9.94 Å². The number of nitrogens with zero attached hydrogens (tertiary/aromatic N) is 3. The van der Waals surface area contributed by atoms with Crippen LogP contribution < -0.4 is 20.9 Å². The third kappa shape index (κ3) is 9.38. The molecule has 14 heteroatoms. The lowest BCUT2D eigenvalue weighted by atomic mass is 10.0. The minimum atomic E-state index is -0.983. The lowest BCUT2D eigenvalue weighted by molar-refractivity contribution is -0.136. The zero-order valence-electron chi connectivity index (χ0n) is 30.8. The van der Waals surface area contributed by atoms with E-state index in [-0.39, 0.29) is 29.9 Å². The molecule has 1 fully saturated rings. The Labute approximate surface area is 318 Å². The predicted molar refractivity (Wildman–Crippen MR) is 204 cm³/mol. The Kier molecular flexibility index (Phi) is 12.6. The minimum absolute atomic E-state index is 0.0804. The molecule has 0 aliphatic carbocycles. The maximum Gasteiger partial charge on any atom is 0.274 e. The van der Waals surface area contributed by atoms with Crippen molar-refractivity contribution in [3.05, 3.63) is 95.2 Å². The quantitative estimate of drug-likeness (QED) is 0.0469. The molecule has 1 saturated heterocycles. The van der Waals surface area contributed by atoms with Gasteiger partial charge in [-0.3, -0.25) is 44.2 Å². The number of carbonyl (C=O) groups is 6. The van der Waals surface area contributed by atoms with Gasteiger partial charge in [0.15, 0.2) is 0 Å². The van der Waals surface area contributed by atoms with E-state index in [1.165, 1.54) is 0 Å². The molecule has 3 heterocycles. The largest absolute Gasteiger partial charge is 0.492 e. The van der Waals surface area contributed by atoms with E-state index in [2.05, 4.69) is 10.6 Å². The maximum absolute atomic E-state index is 13.0. The molecule has 3 aromatic carbocycles. The Morgan fingerprint density at radius 2 is 1.69 bits per heavy atom. The Balaban J connectivity index is 0.841. The van der Waals surface area contributed by atoms with Crippen LogP contribution in [0.15, 0.2) is 72.9 Å². The highest BCUT2D eigenvalue weighted by atomic mass is 16.5. The first-order valence-corrected chi connectivity index (χ1v) is 18.7. The first kappa shape index (κ1) is 38.7. The van der Waals surface area contributed by atoms with Gasteiger partial charge in [-0.1, -0.05) is 43.9 Å². The van der Waals surface area contributed by atoms with E-state index >= 15 is 0 Å². The van der Waals surface area contributed by atoms with Crippen molar-refractivity contribution in [2.75, 3.05) is 25.5 Å². The van der Waals surface area contributed by atoms with Crippen LogP contribution in [0, 0.1) is 0 Å². The third-order valence-corrected chi connectivity index (χ3v) is 10.1. The molecule has 14 nitrogen and oxygen atoms in total. The van der Waals surface area contributed by atoms with Crippen molar-refractivity contribution in [3.63, 3.8) is 0 Å². The highest BCUT2D eigenvalue weighted by Crippen LogP contribution is 2.30. The summed E-state index contributed by atoms with van der Waals surface area (Å²) in [6.07, 6.45) is 8.41. The van der Waals surface area contributed by atoms with Gasteiger partial charge >= 0.3 is 0 Å². The number of imide groups is 2. The number of ether oxygens (including phenoxy) is 1. The van der Waals surface area contributed by atoms with Crippen molar-refractivity contribution in [3.8, 4) is 5.75 Å². The first-order chi connectivity index (χ1) is 26.6. The van der Waals surface area contributed by atoms with E-state index < -0.39 is 35.6 Å². The highest BCUT2D eigenvalue weighted by molar-refractivity contribution is 6.23. The van der Waals surface area contributed by atoms with Crippen LogP contribution in [0.1, 0.15) is 94.4 Å². The summed E-state index contributed by atoms with van der Waals surface area (Å²) < 4.78 is 8.01. The van der Waals surface area contributed by atoms with E-state index in [0.29, 0.717) is 44.0 Å². The maximum atomic E-state index is 13.0. The van der Waals surface area contributed by atoms with Crippen molar-refractivity contribution in [1.29, 1.82) is 0 Å². The molecular formula is C41H46N6O8.